The Kier molecular flexibility index (Phi) is 2.95. The predicted molar refractivity (Wildman–Crippen MR) is 75.4 cm³/mol. The van der Waals surface area contributed by atoms with Crippen molar-refractivity contribution in [2.75, 3.05) is 0 Å². The molecule has 0 heterocycles. The van der Waals surface area contributed by atoms with Gasteiger partial charge in [0.25, 0.3) is 0 Å². The smallest absolute Gasteiger partial charge is 0.336 e. The molecule has 1 N–H and O–H groups in total. The Bertz CT molecular complexity index is 747. The summed E-state index contributed by atoms with van der Waals surface area (Å²) >= 11 is 0. The first-order valence-electron chi connectivity index (χ1n) is 6.18. The van der Waals surface area contributed by atoms with E-state index in [4.69, 9.17) is 0 Å². The molecule has 0 unspecified atom stereocenters. The summed E-state index contributed by atoms with van der Waals surface area (Å²) < 4.78 is 13.0. The molecule has 0 fully saturated rings. The molecule has 0 spiro atoms. The minimum atomic E-state index is -0.981. The number of carbonyl (C=O) groups is 1. The lowest BCUT2D eigenvalue weighted by molar-refractivity contribution is 0.0699. The summed E-state index contributed by atoms with van der Waals surface area (Å²) in [6, 6.07) is 16.9. The maximum Gasteiger partial charge on any atom is 0.336 e. The maximum absolute atomic E-state index is 13.0. The Morgan fingerprint density at radius 2 is 1.55 bits per heavy atom. The first-order valence-corrected chi connectivity index (χ1v) is 6.18. The highest BCUT2D eigenvalue weighted by Crippen LogP contribution is 2.37. The van der Waals surface area contributed by atoms with Crippen LogP contribution in [-0.2, 0) is 0 Å². The Morgan fingerprint density at radius 1 is 0.850 bits per heavy atom. The molecule has 2 aliphatic rings. The van der Waals surface area contributed by atoms with Crippen LogP contribution >= 0.6 is 0 Å². The second-order valence-corrected chi connectivity index (χ2v) is 4.52. The van der Waals surface area contributed by atoms with Gasteiger partial charge in [0.1, 0.15) is 5.82 Å². The fourth-order valence-corrected chi connectivity index (χ4v) is 2.37. The number of hydrogen-bond acceptors (Lipinski definition) is 1. The van der Waals surface area contributed by atoms with E-state index in [1.165, 1.54) is 12.1 Å². The molecule has 2 aliphatic carbocycles. The summed E-state index contributed by atoms with van der Waals surface area (Å²) in [7, 11) is 0. The fourth-order valence-electron chi connectivity index (χ4n) is 2.37. The number of rotatable bonds is 2. The lowest BCUT2D eigenvalue weighted by Gasteiger charge is -2.02. The Hall–Kier alpha value is -2.68. The van der Waals surface area contributed by atoms with Crippen molar-refractivity contribution >= 4 is 5.97 Å². The molecule has 0 atom stereocenters. The van der Waals surface area contributed by atoms with Crippen LogP contribution in [-0.4, -0.2) is 11.1 Å². The van der Waals surface area contributed by atoms with Crippen molar-refractivity contribution in [2.24, 2.45) is 0 Å². The van der Waals surface area contributed by atoms with Crippen LogP contribution in [0, 0.1) is 5.82 Å². The van der Waals surface area contributed by atoms with Gasteiger partial charge >= 0.3 is 5.97 Å². The summed E-state index contributed by atoms with van der Waals surface area (Å²) in [6.45, 7) is 0. The van der Waals surface area contributed by atoms with Crippen LogP contribution in [0.25, 0.3) is 22.3 Å². The molecule has 98 valence electrons. The van der Waals surface area contributed by atoms with Crippen LogP contribution in [0.3, 0.4) is 0 Å². The number of benzene rings is 1. The van der Waals surface area contributed by atoms with Gasteiger partial charge in [-0.05, 0) is 40.5 Å². The standard InChI is InChI=1S/C17H11FO2/c18-13-8-6-11(7-9-13)15-10-12-4-2-1-3-5-14(12)16(15)17(19)20/h1-10H,(H,19,20). The third-order valence-corrected chi connectivity index (χ3v) is 3.28. The number of carboxylic acid groups (broad SMARTS) is 1. The number of fused-ring (bicyclic) bond motifs is 1. The molecule has 0 aliphatic heterocycles. The van der Waals surface area contributed by atoms with E-state index in [0.717, 1.165) is 5.56 Å². The van der Waals surface area contributed by atoms with E-state index in [1.54, 1.807) is 18.2 Å². The summed E-state index contributed by atoms with van der Waals surface area (Å²) in [5.74, 6) is -1.32. The van der Waals surface area contributed by atoms with Gasteiger partial charge in [-0.3, -0.25) is 0 Å². The highest BCUT2D eigenvalue weighted by molar-refractivity contribution is 6.05. The highest BCUT2D eigenvalue weighted by atomic mass is 19.1. The van der Waals surface area contributed by atoms with Gasteiger partial charge in [-0.25, -0.2) is 9.18 Å². The molecule has 20 heavy (non-hydrogen) atoms. The second kappa shape index (κ2) is 4.78. The molecule has 0 bridgehead atoms. The van der Waals surface area contributed by atoms with Crippen LogP contribution in [0.2, 0.25) is 0 Å². The molecule has 3 heteroatoms. The molecule has 0 saturated carbocycles. The van der Waals surface area contributed by atoms with E-state index >= 15 is 0 Å². The van der Waals surface area contributed by atoms with Gasteiger partial charge in [0.15, 0.2) is 0 Å². The zero-order valence-corrected chi connectivity index (χ0v) is 10.5. The van der Waals surface area contributed by atoms with Crippen molar-refractivity contribution in [1.82, 2.24) is 0 Å². The number of aromatic carboxylic acids is 1. The molecular weight excluding hydrogens is 255 g/mol. The third kappa shape index (κ3) is 2.03. The van der Waals surface area contributed by atoms with E-state index in [0.29, 0.717) is 16.7 Å². The quantitative estimate of drug-likeness (QED) is 0.751. The van der Waals surface area contributed by atoms with E-state index in [9.17, 15) is 14.3 Å². The highest BCUT2D eigenvalue weighted by Gasteiger charge is 2.21. The molecule has 0 amide bonds. The topological polar surface area (TPSA) is 37.3 Å². The van der Waals surface area contributed by atoms with Crippen LogP contribution in [0.15, 0.2) is 60.7 Å². The SMILES string of the molecule is O=C(O)c1c2cccccc-2cc1-c1ccc(F)cc1. The van der Waals surface area contributed by atoms with Gasteiger partial charge in [0.2, 0.25) is 0 Å². The van der Waals surface area contributed by atoms with E-state index in [-0.39, 0.29) is 11.4 Å². The van der Waals surface area contributed by atoms with Crippen molar-refractivity contribution < 1.29 is 14.3 Å². The minimum absolute atomic E-state index is 0.253. The summed E-state index contributed by atoms with van der Waals surface area (Å²) in [4.78, 5) is 11.6. The first kappa shape index (κ1) is 12.4. The second-order valence-electron chi connectivity index (χ2n) is 4.52. The van der Waals surface area contributed by atoms with Gasteiger partial charge in [0, 0.05) is 0 Å². The van der Waals surface area contributed by atoms with Crippen LogP contribution in [0.1, 0.15) is 10.4 Å². The van der Waals surface area contributed by atoms with Gasteiger partial charge in [-0.1, -0.05) is 42.5 Å². The molecule has 3 rings (SSSR count). The van der Waals surface area contributed by atoms with Gasteiger partial charge in [-0.15, -0.1) is 0 Å². The number of halogens is 1. The fraction of sp³-hybridized carbons (Fsp3) is 0. The average Bonchev–Trinajstić information content (AvgIpc) is 2.64. The van der Waals surface area contributed by atoms with Gasteiger partial charge in [0.05, 0.1) is 5.56 Å². The lowest BCUT2D eigenvalue weighted by Crippen LogP contribution is -1.97. The molecule has 0 aromatic heterocycles. The molecule has 0 radical (unpaired) electrons. The summed E-state index contributed by atoms with van der Waals surface area (Å²) in [5, 5.41) is 9.48. The molecule has 1 aromatic rings. The minimum Gasteiger partial charge on any atom is -0.478 e. The summed E-state index contributed by atoms with van der Waals surface area (Å²) in [5.41, 5.74) is 3.10. The van der Waals surface area contributed by atoms with E-state index < -0.39 is 5.97 Å². The Labute approximate surface area is 115 Å². The first-order chi connectivity index (χ1) is 9.66. The number of hydrogen-bond donors (Lipinski definition) is 1. The molecule has 2 nitrogen and oxygen atoms in total. The van der Waals surface area contributed by atoms with E-state index in [1.807, 2.05) is 30.3 Å². The van der Waals surface area contributed by atoms with Crippen molar-refractivity contribution in [3.63, 3.8) is 0 Å². The normalized spacial score (nSPS) is 10.7. The van der Waals surface area contributed by atoms with Crippen molar-refractivity contribution in [2.45, 2.75) is 0 Å². The Morgan fingerprint density at radius 3 is 2.25 bits per heavy atom. The zero-order valence-electron chi connectivity index (χ0n) is 10.5. The third-order valence-electron chi connectivity index (χ3n) is 3.28. The zero-order chi connectivity index (χ0) is 14.1. The van der Waals surface area contributed by atoms with Gasteiger partial charge in [-0.2, -0.15) is 0 Å². The van der Waals surface area contributed by atoms with Crippen molar-refractivity contribution in [3.05, 3.63) is 72.0 Å². The van der Waals surface area contributed by atoms with Crippen LogP contribution in [0.4, 0.5) is 4.39 Å². The summed E-state index contributed by atoms with van der Waals surface area (Å²) in [6.07, 6.45) is 0. The maximum atomic E-state index is 13.0. The Balaban J connectivity index is 2.30. The average molecular weight is 266 g/mol. The van der Waals surface area contributed by atoms with Crippen molar-refractivity contribution in [3.8, 4) is 22.3 Å². The largest absolute Gasteiger partial charge is 0.478 e. The predicted octanol–water partition coefficient (Wildman–Crippen LogP) is 4.30. The van der Waals surface area contributed by atoms with Gasteiger partial charge < -0.3 is 5.11 Å². The lowest BCUT2D eigenvalue weighted by atomic mass is 10.0. The molecular formula is C17H11FO2. The number of carboxylic acids is 1. The monoisotopic (exact) mass is 266 g/mol. The molecule has 1 aromatic carbocycles. The molecule has 0 saturated heterocycles. The van der Waals surface area contributed by atoms with Crippen LogP contribution < -0.4 is 0 Å². The van der Waals surface area contributed by atoms with Crippen LogP contribution in [0.5, 0.6) is 0 Å². The van der Waals surface area contributed by atoms with Crippen molar-refractivity contribution in [1.29, 1.82) is 0 Å². The van der Waals surface area contributed by atoms with E-state index in [2.05, 4.69) is 0 Å².